The molecule has 0 spiro atoms. The van der Waals surface area contributed by atoms with E-state index in [1.807, 2.05) is 12.1 Å². The van der Waals surface area contributed by atoms with Crippen LogP contribution in [0.2, 0.25) is 0 Å². The maximum atomic E-state index is 12.4. The summed E-state index contributed by atoms with van der Waals surface area (Å²) >= 11 is 1.01. The molecule has 0 N–H and O–H groups in total. The fraction of sp³-hybridized carbons (Fsp3) is 0.400. The number of rotatable bonds is 2. The molecule has 120 valence electrons. The summed E-state index contributed by atoms with van der Waals surface area (Å²) in [5.74, 6) is 1.02. The molecule has 8 heteroatoms. The Morgan fingerprint density at radius 2 is 1.91 bits per heavy atom. The zero-order chi connectivity index (χ0) is 16.0. The molecule has 4 rings (SSSR count). The van der Waals surface area contributed by atoms with Crippen molar-refractivity contribution < 1.29 is 23.9 Å². The molecule has 3 heterocycles. The molecule has 3 aliphatic heterocycles. The van der Waals surface area contributed by atoms with Gasteiger partial charge in [0.05, 0.1) is 11.8 Å². The van der Waals surface area contributed by atoms with Crippen molar-refractivity contribution in [3.63, 3.8) is 0 Å². The van der Waals surface area contributed by atoms with Gasteiger partial charge in [0.15, 0.2) is 11.5 Å². The quantitative estimate of drug-likeness (QED) is 0.794. The number of amides is 3. The van der Waals surface area contributed by atoms with Gasteiger partial charge in [-0.05, 0) is 12.1 Å². The zero-order valence-corrected chi connectivity index (χ0v) is 13.0. The summed E-state index contributed by atoms with van der Waals surface area (Å²) in [6.45, 7) is 0.880. The minimum absolute atomic E-state index is 0.161. The summed E-state index contributed by atoms with van der Waals surface area (Å²) in [4.78, 5) is 38.6. The third kappa shape index (κ3) is 2.42. The lowest BCUT2D eigenvalue weighted by molar-refractivity contribution is -0.150. The van der Waals surface area contributed by atoms with Crippen LogP contribution in [0.25, 0.3) is 0 Å². The molecule has 1 unspecified atom stereocenters. The summed E-state index contributed by atoms with van der Waals surface area (Å²) in [7, 11) is 0. The Bertz CT molecular complexity index is 672. The van der Waals surface area contributed by atoms with Crippen molar-refractivity contribution in [1.29, 1.82) is 0 Å². The van der Waals surface area contributed by atoms with E-state index in [0.29, 0.717) is 24.6 Å². The van der Waals surface area contributed by atoms with Gasteiger partial charge in [0.1, 0.15) is 6.61 Å². The lowest BCUT2D eigenvalue weighted by Gasteiger charge is -2.44. The Hall–Kier alpha value is -2.22. The first-order chi connectivity index (χ1) is 11.1. The van der Waals surface area contributed by atoms with Crippen LogP contribution in [-0.4, -0.2) is 64.4 Å². The van der Waals surface area contributed by atoms with Crippen LogP contribution < -0.4 is 9.47 Å². The molecule has 0 aromatic heterocycles. The number of ether oxygens (including phenoxy) is 2. The lowest BCUT2D eigenvalue weighted by atomic mass is 10.1. The fourth-order valence-corrected chi connectivity index (χ4v) is 3.64. The highest BCUT2D eigenvalue weighted by Gasteiger charge is 2.45. The molecule has 3 amide bonds. The van der Waals surface area contributed by atoms with E-state index >= 15 is 0 Å². The second kappa shape index (κ2) is 5.45. The van der Waals surface area contributed by atoms with Crippen LogP contribution in [0.5, 0.6) is 11.5 Å². The molecule has 3 aliphatic rings. The SMILES string of the molecule is O=C(C1COc2ccccc2O1)N1CC(N2C(=O)CSC2=O)C1. The van der Waals surface area contributed by atoms with Crippen molar-refractivity contribution in [2.45, 2.75) is 12.1 Å². The number of benzene rings is 1. The van der Waals surface area contributed by atoms with Crippen LogP contribution in [0.3, 0.4) is 0 Å². The minimum atomic E-state index is -0.690. The minimum Gasteiger partial charge on any atom is -0.485 e. The van der Waals surface area contributed by atoms with Gasteiger partial charge in [-0.25, -0.2) is 0 Å². The average Bonchev–Trinajstić information content (AvgIpc) is 2.85. The van der Waals surface area contributed by atoms with Gasteiger partial charge < -0.3 is 14.4 Å². The second-order valence-corrected chi connectivity index (χ2v) is 6.51. The first kappa shape index (κ1) is 14.4. The molecular weight excluding hydrogens is 320 g/mol. The summed E-state index contributed by atoms with van der Waals surface area (Å²) < 4.78 is 11.2. The van der Waals surface area contributed by atoms with Crippen LogP contribution in [0.1, 0.15) is 0 Å². The van der Waals surface area contributed by atoms with E-state index in [-0.39, 0.29) is 35.5 Å². The maximum Gasteiger partial charge on any atom is 0.289 e. The number of nitrogens with zero attached hydrogens (tertiary/aromatic N) is 2. The molecule has 2 saturated heterocycles. The van der Waals surface area contributed by atoms with Crippen LogP contribution in [0.15, 0.2) is 24.3 Å². The van der Waals surface area contributed by atoms with E-state index in [0.717, 1.165) is 11.8 Å². The van der Waals surface area contributed by atoms with Gasteiger partial charge in [-0.3, -0.25) is 19.3 Å². The van der Waals surface area contributed by atoms with Gasteiger partial charge in [0, 0.05) is 13.1 Å². The summed E-state index contributed by atoms with van der Waals surface area (Å²) in [6.07, 6.45) is -0.690. The van der Waals surface area contributed by atoms with E-state index in [9.17, 15) is 14.4 Å². The van der Waals surface area contributed by atoms with Crippen molar-refractivity contribution in [1.82, 2.24) is 9.80 Å². The third-order valence-corrected chi connectivity index (χ3v) is 4.94. The molecule has 1 aromatic carbocycles. The topological polar surface area (TPSA) is 76.2 Å². The number of likely N-dealkylation sites (tertiary alicyclic amines) is 1. The highest BCUT2D eigenvalue weighted by atomic mass is 32.2. The number of thioether (sulfide) groups is 1. The van der Waals surface area contributed by atoms with Crippen molar-refractivity contribution >= 4 is 28.8 Å². The first-order valence-electron chi connectivity index (χ1n) is 7.29. The second-order valence-electron chi connectivity index (χ2n) is 5.58. The largest absolute Gasteiger partial charge is 0.485 e. The third-order valence-electron chi connectivity index (χ3n) is 4.11. The Morgan fingerprint density at radius 1 is 1.17 bits per heavy atom. The number of para-hydroxylation sites is 2. The van der Waals surface area contributed by atoms with E-state index < -0.39 is 6.10 Å². The monoisotopic (exact) mass is 334 g/mol. The Morgan fingerprint density at radius 3 is 2.61 bits per heavy atom. The van der Waals surface area contributed by atoms with Crippen LogP contribution >= 0.6 is 11.8 Å². The standard InChI is InChI=1S/C15H14N2O5S/c18-13-8-23-15(20)17(13)9-5-16(6-9)14(19)12-7-21-10-3-1-2-4-11(10)22-12/h1-4,9,12H,5-8H2. The Balaban J connectivity index is 1.37. The number of carbonyl (C=O) groups is 3. The molecule has 0 saturated carbocycles. The number of fused-ring (bicyclic) bond motifs is 1. The first-order valence-corrected chi connectivity index (χ1v) is 8.28. The van der Waals surface area contributed by atoms with Crippen molar-refractivity contribution in [3.05, 3.63) is 24.3 Å². The molecule has 1 aromatic rings. The van der Waals surface area contributed by atoms with Crippen LogP contribution in [-0.2, 0) is 9.59 Å². The van der Waals surface area contributed by atoms with Gasteiger partial charge in [0.25, 0.3) is 11.1 Å². The molecule has 0 aliphatic carbocycles. The van der Waals surface area contributed by atoms with Gasteiger partial charge >= 0.3 is 0 Å². The molecule has 0 radical (unpaired) electrons. The van der Waals surface area contributed by atoms with Crippen LogP contribution in [0, 0.1) is 0 Å². The van der Waals surface area contributed by atoms with Gasteiger partial charge in [-0.15, -0.1) is 0 Å². The molecule has 7 nitrogen and oxygen atoms in total. The van der Waals surface area contributed by atoms with E-state index in [4.69, 9.17) is 9.47 Å². The molecule has 2 fully saturated rings. The van der Waals surface area contributed by atoms with E-state index in [1.54, 1.807) is 17.0 Å². The van der Waals surface area contributed by atoms with Gasteiger partial charge in [-0.2, -0.15) is 0 Å². The van der Waals surface area contributed by atoms with Crippen molar-refractivity contribution in [2.24, 2.45) is 0 Å². The molecule has 1 atom stereocenters. The fourth-order valence-electron chi connectivity index (χ4n) is 2.86. The van der Waals surface area contributed by atoms with E-state index in [2.05, 4.69) is 0 Å². The zero-order valence-electron chi connectivity index (χ0n) is 12.1. The number of hydrogen-bond donors (Lipinski definition) is 0. The lowest BCUT2D eigenvalue weighted by Crippen LogP contribution is -2.64. The smallest absolute Gasteiger partial charge is 0.289 e. The van der Waals surface area contributed by atoms with E-state index in [1.165, 1.54) is 4.90 Å². The molecular formula is C15H14N2O5S. The molecule has 0 bridgehead atoms. The number of carbonyl (C=O) groups excluding carboxylic acids is 3. The normalized spacial score (nSPS) is 23.9. The van der Waals surface area contributed by atoms with Crippen molar-refractivity contribution in [2.75, 3.05) is 25.4 Å². The predicted molar refractivity (Wildman–Crippen MR) is 81.4 cm³/mol. The summed E-state index contributed by atoms with van der Waals surface area (Å²) in [6, 6.07) is 6.99. The number of imide groups is 1. The highest BCUT2D eigenvalue weighted by molar-refractivity contribution is 8.14. The van der Waals surface area contributed by atoms with Gasteiger partial charge in [-0.1, -0.05) is 23.9 Å². The summed E-state index contributed by atoms with van der Waals surface area (Å²) in [5, 5.41) is -0.224. The predicted octanol–water partition coefficient (Wildman–Crippen LogP) is 0.733. The Labute approximate surface area is 136 Å². The van der Waals surface area contributed by atoms with Crippen LogP contribution in [0.4, 0.5) is 4.79 Å². The van der Waals surface area contributed by atoms with Crippen molar-refractivity contribution in [3.8, 4) is 11.5 Å². The number of hydrogen-bond acceptors (Lipinski definition) is 6. The Kier molecular flexibility index (Phi) is 3.41. The summed E-state index contributed by atoms with van der Waals surface area (Å²) in [5.41, 5.74) is 0. The average molecular weight is 334 g/mol. The van der Waals surface area contributed by atoms with Gasteiger partial charge in [0.2, 0.25) is 12.0 Å². The highest BCUT2D eigenvalue weighted by Crippen LogP contribution is 2.32. The maximum absolute atomic E-state index is 12.4. The molecule has 23 heavy (non-hydrogen) atoms.